The Labute approximate surface area is 224 Å². The molecule has 3 heterocycles. The van der Waals surface area contributed by atoms with E-state index in [4.69, 9.17) is 4.42 Å². The summed E-state index contributed by atoms with van der Waals surface area (Å²) in [5.41, 5.74) is 10.6. The number of benzene rings is 5. The molecule has 1 aliphatic rings. The SMILES string of the molecule is C1=Cc2c(n(-c3ccc4oc5ccccc5c4c3)c3c2ccc2c4ccccc4n(-c4ccccc4)c23)CC1. The summed E-state index contributed by atoms with van der Waals surface area (Å²) in [6.07, 6.45) is 6.70. The van der Waals surface area contributed by atoms with E-state index in [1.54, 1.807) is 0 Å². The number of hydrogen-bond donors (Lipinski definition) is 0. The van der Waals surface area contributed by atoms with Gasteiger partial charge in [0.15, 0.2) is 0 Å². The van der Waals surface area contributed by atoms with Crippen molar-refractivity contribution in [2.24, 2.45) is 0 Å². The van der Waals surface area contributed by atoms with Crippen molar-refractivity contribution in [3.63, 3.8) is 0 Å². The van der Waals surface area contributed by atoms with Crippen LogP contribution >= 0.6 is 0 Å². The lowest BCUT2D eigenvalue weighted by atomic mass is 10.0. The van der Waals surface area contributed by atoms with Gasteiger partial charge in [-0.25, -0.2) is 0 Å². The molecule has 184 valence electrons. The molecule has 0 spiro atoms. The Bertz CT molecular complexity index is 2270. The molecule has 0 saturated heterocycles. The van der Waals surface area contributed by atoms with Crippen LogP contribution < -0.4 is 0 Å². The van der Waals surface area contributed by atoms with Gasteiger partial charge in [-0.1, -0.05) is 78.9 Å². The van der Waals surface area contributed by atoms with Gasteiger partial charge in [0.25, 0.3) is 0 Å². The highest BCUT2D eigenvalue weighted by Crippen LogP contribution is 2.43. The van der Waals surface area contributed by atoms with Gasteiger partial charge in [-0.3, -0.25) is 0 Å². The fourth-order valence-electron chi connectivity index (χ4n) is 6.73. The van der Waals surface area contributed by atoms with Gasteiger partial charge >= 0.3 is 0 Å². The third-order valence-electron chi connectivity index (χ3n) is 8.37. The highest BCUT2D eigenvalue weighted by Gasteiger charge is 2.24. The predicted molar refractivity (Wildman–Crippen MR) is 162 cm³/mol. The molecule has 3 aromatic heterocycles. The molecule has 0 bridgehead atoms. The van der Waals surface area contributed by atoms with Crippen molar-refractivity contribution < 1.29 is 4.42 Å². The summed E-state index contributed by atoms with van der Waals surface area (Å²) >= 11 is 0. The largest absolute Gasteiger partial charge is 0.456 e. The summed E-state index contributed by atoms with van der Waals surface area (Å²) < 4.78 is 11.2. The van der Waals surface area contributed by atoms with E-state index in [2.05, 4.69) is 124 Å². The quantitative estimate of drug-likeness (QED) is 0.232. The summed E-state index contributed by atoms with van der Waals surface area (Å²) in [6, 6.07) is 39.2. The molecular weight excluding hydrogens is 476 g/mol. The Morgan fingerprint density at radius 2 is 1.28 bits per heavy atom. The lowest BCUT2D eigenvalue weighted by Gasteiger charge is -2.15. The van der Waals surface area contributed by atoms with Crippen LogP contribution in [0.2, 0.25) is 0 Å². The number of nitrogens with zero attached hydrogens (tertiary/aromatic N) is 2. The van der Waals surface area contributed by atoms with Crippen molar-refractivity contribution >= 4 is 60.7 Å². The fraction of sp³-hybridized carbons (Fsp3) is 0.0556. The van der Waals surface area contributed by atoms with E-state index in [0.717, 1.165) is 34.8 Å². The molecule has 0 unspecified atom stereocenters. The normalized spacial score (nSPS) is 13.3. The first kappa shape index (κ1) is 21.0. The first-order chi connectivity index (χ1) is 19.4. The molecule has 0 fully saturated rings. The summed E-state index contributed by atoms with van der Waals surface area (Å²) in [5, 5.41) is 6.15. The van der Waals surface area contributed by atoms with E-state index in [9.17, 15) is 0 Å². The molecule has 0 radical (unpaired) electrons. The second kappa shape index (κ2) is 7.75. The number of rotatable bonds is 2. The second-order valence-corrected chi connectivity index (χ2v) is 10.5. The van der Waals surface area contributed by atoms with Crippen molar-refractivity contribution in [1.29, 1.82) is 0 Å². The molecule has 0 amide bonds. The minimum atomic E-state index is 0.925. The van der Waals surface area contributed by atoms with Crippen LogP contribution in [-0.4, -0.2) is 9.13 Å². The molecule has 5 aromatic carbocycles. The molecule has 0 atom stereocenters. The molecule has 0 saturated carbocycles. The van der Waals surface area contributed by atoms with Crippen molar-refractivity contribution in [3.05, 3.63) is 127 Å². The number of allylic oxidation sites excluding steroid dienone is 1. The first-order valence-electron chi connectivity index (χ1n) is 13.6. The smallest absolute Gasteiger partial charge is 0.135 e. The van der Waals surface area contributed by atoms with Gasteiger partial charge in [0.1, 0.15) is 11.2 Å². The maximum Gasteiger partial charge on any atom is 0.135 e. The molecule has 1 aliphatic carbocycles. The van der Waals surface area contributed by atoms with Crippen LogP contribution in [-0.2, 0) is 6.42 Å². The predicted octanol–water partition coefficient (Wildman–Crippen LogP) is 9.59. The van der Waals surface area contributed by atoms with E-state index >= 15 is 0 Å². The Morgan fingerprint density at radius 3 is 2.21 bits per heavy atom. The standard InChI is InChI=1S/C36H24N2O/c1-2-10-23(11-3-1)37-31-15-7-4-12-25(31)28-19-20-29-26-13-5-8-16-32(26)38(36(29)35(28)37)24-18-21-34-30(22-24)27-14-6-9-17-33(27)39-34/h1-7,9-15,17-22H,8,16H2. The summed E-state index contributed by atoms with van der Waals surface area (Å²) in [4.78, 5) is 0. The number of furan rings is 1. The van der Waals surface area contributed by atoms with Gasteiger partial charge in [0.05, 0.1) is 16.6 Å². The maximum absolute atomic E-state index is 6.19. The highest BCUT2D eigenvalue weighted by atomic mass is 16.3. The number of aromatic nitrogens is 2. The minimum Gasteiger partial charge on any atom is -0.456 e. The molecule has 39 heavy (non-hydrogen) atoms. The second-order valence-electron chi connectivity index (χ2n) is 10.5. The van der Waals surface area contributed by atoms with E-state index in [-0.39, 0.29) is 0 Å². The average Bonchev–Trinajstić information content (AvgIpc) is 3.65. The topological polar surface area (TPSA) is 23.0 Å². The molecule has 3 heteroatoms. The van der Waals surface area contributed by atoms with Crippen LogP contribution in [0, 0.1) is 0 Å². The van der Waals surface area contributed by atoms with Crippen LogP contribution in [0.5, 0.6) is 0 Å². The number of fused-ring (bicyclic) bond motifs is 10. The van der Waals surface area contributed by atoms with E-state index in [1.807, 2.05) is 6.07 Å². The van der Waals surface area contributed by atoms with Gasteiger partial charge in [0, 0.05) is 49.6 Å². The molecule has 8 aromatic rings. The van der Waals surface area contributed by atoms with Crippen LogP contribution in [0.4, 0.5) is 0 Å². The van der Waals surface area contributed by atoms with Crippen molar-refractivity contribution in [3.8, 4) is 11.4 Å². The Balaban J connectivity index is 1.49. The highest BCUT2D eigenvalue weighted by molar-refractivity contribution is 6.19. The number of hydrogen-bond acceptors (Lipinski definition) is 1. The fourth-order valence-corrected chi connectivity index (χ4v) is 6.73. The van der Waals surface area contributed by atoms with Crippen LogP contribution in [0.25, 0.3) is 72.1 Å². The van der Waals surface area contributed by atoms with Crippen LogP contribution in [0.1, 0.15) is 17.7 Å². The minimum absolute atomic E-state index is 0.925. The molecule has 0 N–H and O–H groups in total. The van der Waals surface area contributed by atoms with Crippen LogP contribution in [0.15, 0.2) is 120 Å². The van der Waals surface area contributed by atoms with Crippen LogP contribution in [0.3, 0.4) is 0 Å². The third-order valence-corrected chi connectivity index (χ3v) is 8.37. The van der Waals surface area contributed by atoms with Gasteiger partial charge in [-0.05, 0) is 55.3 Å². The maximum atomic E-state index is 6.19. The van der Waals surface area contributed by atoms with E-state index < -0.39 is 0 Å². The molecule has 9 rings (SSSR count). The molecule has 0 aliphatic heterocycles. The zero-order valence-corrected chi connectivity index (χ0v) is 21.3. The Hall–Kier alpha value is -5.02. The first-order valence-corrected chi connectivity index (χ1v) is 13.6. The molecular formula is C36H24N2O. The summed E-state index contributed by atoms with van der Waals surface area (Å²) in [6.45, 7) is 0. The van der Waals surface area contributed by atoms with Crippen molar-refractivity contribution in [1.82, 2.24) is 9.13 Å². The van der Waals surface area contributed by atoms with Gasteiger partial charge < -0.3 is 13.6 Å². The van der Waals surface area contributed by atoms with Gasteiger partial charge in [-0.2, -0.15) is 0 Å². The zero-order chi connectivity index (χ0) is 25.5. The Kier molecular flexibility index (Phi) is 4.17. The van der Waals surface area contributed by atoms with Gasteiger partial charge in [0.2, 0.25) is 0 Å². The number of para-hydroxylation sites is 3. The summed E-state index contributed by atoms with van der Waals surface area (Å²) in [7, 11) is 0. The van der Waals surface area contributed by atoms with Gasteiger partial charge in [-0.15, -0.1) is 0 Å². The monoisotopic (exact) mass is 500 g/mol. The Morgan fingerprint density at radius 1 is 0.538 bits per heavy atom. The average molecular weight is 501 g/mol. The van der Waals surface area contributed by atoms with Crippen molar-refractivity contribution in [2.75, 3.05) is 0 Å². The summed E-state index contributed by atoms with van der Waals surface area (Å²) in [5.74, 6) is 0. The van der Waals surface area contributed by atoms with E-state index in [1.165, 1.54) is 55.3 Å². The lowest BCUT2D eigenvalue weighted by Crippen LogP contribution is -2.04. The van der Waals surface area contributed by atoms with E-state index in [0.29, 0.717) is 0 Å². The zero-order valence-electron chi connectivity index (χ0n) is 21.3. The third kappa shape index (κ3) is 2.82. The lowest BCUT2D eigenvalue weighted by molar-refractivity contribution is 0.669. The molecule has 3 nitrogen and oxygen atoms in total. The van der Waals surface area contributed by atoms with Crippen molar-refractivity contribution in [2.45, 2.75) is 12.8 Å².